The lowest BCUT2D eigenvalue weighted by atomic mass is 10.1. The zero-order valence-electron chi connectivity index (χ0n) is 13.1. The molecular formula is C19H16N2O3. The molecule has 0 radical (unpaired) electrons. The molecule has 3 aromatic carbocycles. The molecular weight excluding hydrogens is 304 g/mol. The van der Waals surface area contributed by atoms with Crippen molar-refractivity contribution < 1.29 is 14.6 Å². The highest BCUT2D eigenvalue weighted by molar-refractivity contribution is 5.97. The normalized spacial score (nSPS) is 10.9. The van der Waals surface area contributed by atoms with E-state index in [2.05, 4.69) is 10.5 Å². The molecule has 0 aliphatic rings. The number of hydrogen-bond donors (Lipinski definition) is 2. The predicted octanol–water partition coefficient (Wildman–Crippen LogP) is 3.32. The number of ether oxygens (including phenoxy) is 1. The third-order valence-corrected chi connectivity index (χ3v) is 3.60. The van der Waals surface area contributed by atoms with Crippen LogP contribution in [0.4, 0.5) is 0 Å². The highest BCUT2D eigenvalue weighted by Crippen LogP contribution is 2.21. The predicted molar refractivity (Wildman–Crippen MR) is 93.7 cm³/mol. The number of benzene rings is 3. The number of nitrogens with zero attached hydrogens (tertiary/aromatic N) is 1. The van der Waals surface area contributed by atoms with Crippen molar-refractivity contribution in [3.8, 4) is 11.5 Å². The second kappa shape index (κ2) is 6.83. The smallest absolute Gasteiger partial charge is 0.275 e. The van der Waals surface area contributed by atoms with Crippen LogP contribution in [-0.4, -0.2) is 24.3 Å². The largest absolute Gasteiger partial charge is 0.507 e. The van der Waals surface area contributed by atoms with E-state index >= 15 is 0 Å². The van der Waals surface area contributed by atoms with Crippen molar-refractivity contribution in [2.24, 2.45) is 5.10 Å². The summed E-state index contributed by atoms with van der Waals surface area (Å²) in [7, 11) is 1.63. The van der Waals surface area contributed by atoms with Gasteiger partial charge in [-0.05, 0) is 46.7 Å². The average molecular weight is 320 g/mol. The van der Waals surface area contributed by atoms with Gasteiger partial charge in [-0.2, -0.15) is 5.10 Å². The van der Waals surface area contributed by atoms with Gasteiger partial charge >= 0.3 is 0 Å². The van der Waals surface area contributed by atoms with Gasteiger partial charge in [-0.25, -0.2) is 5.43 Å². The fourth-order valence-corrected chi connectivity index (χ4v) is 2.34. The van der Waals surface area contributed by atoms with E-state index in [1.807, 2.05) is 36.4 Å². The zero-order chi connectivity index (χ0) is 16.9. The van der Waals surface area contributed by atoms with Crippen LogP contribution in [0.2, 0.25) is 0 Å². The summed E-state index contributed by atoms with van der Waals surface area (Å²) in [6, 6.07) is 18.0. The number of aromatic hydroxyl groups is 1. The van der Waals surface area contributed by atoms with E-state index < -0.39 is 5.91 Å². The third-order valence-electron chi connectivity index (χ3n) is 3.60. The molecule has 0 aromatic heterocycles. The molecule has 3 rings (SSSR count). The summed E-state index contributed by atoms with van der Waals surface area (Å²) in [5.41, 5.74) is 3.44. The van der Waals surface area contributed by atoms with E-state index in [1.165, 1.54) is 12.1 Å². The van der Waals surface area contributed by atoms with Gasteiger partial charge in [0.25, 0.3) is 5.91 Å². The van der Waals surface area contributed by atoms with Gasteiger partial charge < -0.3 is 9.84 Å². The van der Waals surface area contributed by atoms with Gasteiger partial charge in [0.05, 0.1) is 18.9 Å². The summed E-state index contributed by atoms with van der Waals surface area (Å²) < 4.78 is 5.20. The van der Waals surface area contributed by atoms with Crippen molar-refractivity contribution in [1.29, 1.82) is 0 Å². The number of para-hydroxylation sites is 1. The summed E-state index contributed by atoms with van der Waals surface area (Å²) in [6.07, 6.45) is 1.56. The van der Waals surface area contributed by atoms with E-state index in [4.69, 9.17) is 4.74 Å². The summed E-state index contributed by atoms with van der Waals surface area (Å²) in [5, 5.41) is 15.7. The SMILES string of the molecule is COc1ccc2cc(/C=N/NC(=O)c3ccccc3O)ccc2c1. The minimum Gasteiger partial charge on any atom is -0.507 e. The van der Waals surface area contributed by atoms with Crippen molar-refractivity contribution in [3.05, 3.63) is 71.8 Å². The Kier molecular flexibility index (Phi) is 4.43. The molecule has 3 aromatic rings. The van der Waals surface area contributed by atoms with E-state index in [0.29, 0.717) is 0 Å². The number of nitrogens with one attached hydrogen (secondary N) is 1. The number of hydrazone groups is 1. The van der Waals surface area contributed by atoms with Crippen molar-refractivity contribution >= 4 is 22.9 Å². The second-order valence-corrected chi connectivity index (χ2v) is 5.19. The molecule has 1 amide bonds. The Morgan fingerprint density at radius 1 is 1.08 bits per heavy atom. The monoisotopic (exact) mass is 320 g/mol. The van der Waals surface area contributed by atoms with Gasteiger partial charge in [-0.3, -0.25) is 4.79 Å². The van der Waals surface area contributed by atoms with Crippen LogP contribution in [0.15, 0.2) is 65.8 Å². The molecule has 0 bridgehead atoms. The van der Waals surface area contributed by atoms with Gasteiger partial charge in [0, 0.05) is 0 Å². The summed E-state index contributed by atoms with van der Waals surface area (Å²) in [5.74, 6) is 0.263. The summed E-state index contributed by atoms with van der Waals surface area (Å²) in [4.78, 5) is 11.9. The number of carbonyl (C=O) groups excluding carboxylic acids is 1. The first kappa shape index (κ1) is 15.6. The van der Waals surface area contributed by atoms with E-state index in [1.54, 1.807) is 25.5 Å². The maximum Gasteiger partial charge on any atom is 0.275 e. The first-order valence-corrected chi connectivity index (χ1v) is 7.36. The van der Waals surface area contributed by atoms with Gasteiger partial charge in [-0.1, -0.05) is 30.3 Å². The van der Waals surface area contributed by atoms with Crippen LogP contribution in [-0.2, 0) is 0 Å². The molecule has 5 nitrogen and oxygen atoms in total. The maximum absolute atomic E-state index is 11.9. The average Bonchev–Trinajstić information content (AvgIpc) is 2.61. The molecule has 24 heavy (non-hydrogen) atoms. The van der Waals surface area contributed by atoms with Crippen LogP contribution in [0.3, 0.4) is 0 Å². The lowest BCUT2D eigenvalue weighted by Crippen LogP contribution is -2.17. The summed E-state index contributed by atoms with van der Waals surface area (Å²) >= 11 is 0. The summed E-state index contributed by atoms with van der Waals surface area (Å²) in [6.45, 7) is 0. The highest BCUT2D eigenvalue weighted by Gasteiger charge is 2.08. The minimum atomic E-state index is -0.463. The first-order chi connectivity index (χ1) is 11.7. The topological polar surface area (TPSA) is 70.9 Å². The molecule has 0 aliphatic heterocycles. The Balaban J connectivity index is 1.73. The molecule has 0 saturated heterocycles. The van der Waals surface area contributed by atoms with Crippen molar-refractivity contribution in [3.63, 3.8) is 0 Å². The molecule has 2 N–H and O–H groups in total. The van der Waals surface area contributed by atoms with E-state index in [9.17, 15) is 9.90 Å². The van der Waals surface area contributed by atoms with Crippen LogP contribution in [0.5, 0.6) is 11.5 Å². The van der Waals surface area contributed by atoms with Crippen LogP contribution in [0, 0.1) is 0 Å². The number of hydrogen-bond acceptors (Lipinski definition) is 4. The molecule has 0 saturated carbocycles. The van der Waals surface area contributed by atoms with E-state index in [-0.39, 0.29) is 11.3 Å². The number of carbonyl (C=O) groups is 1. The molecule has 0 heterocycles. The number of rotatable bonds is 4. The fourth-order valence-electron chi connectivity index (χ4n) is 2.34. The van der Waals surface area contributed by atoms with Gasteiger partial charge in [-0.15, -0.1) is 0 Å². The van der Waals surface area contributed by atoms with Gasteiger partial charge in [0.15, 0.2) is 0 Å². The second-order valence-electron chi connectivity index (χ2n) is 5.19. The minimum absolute atomic E-state index is 0.0788. The third kappa shape index (κ3) is 3.35. The number of amides is 1. The lowest BCUT2D eigenvalue weighted by Gasteiger charge is -2.04. The Bertz CT molecular complexity index is 919. The number of methoxy groups -OCH3 is 1. The Hall–Kier alpha value is -3.34. The van der Waals surface area contributed by atoms with Gasteiger partial charge in [0.1, 0.15) is 11.5 Å². The lowest BCUT2D eigenvalue weighted by molar-refractivity contribution is 0.0952. The van der Waals surface area contributed by atoms with Crippen molar-refractivity contribution in [2.45, 2.75) is 0 Å². The zero-order valence-corrected chi connectivity index (χ0v) is 13.1. The van der Waals surface area contributed by atoms with E-state index in [0.717, 1.165) is 22.1 Å². The van der Waals surface area contributed by atoms with Crippen LogP contribution < -0.4 is 10.2 Å². The maximum atomic E-state index is 11.9. The van der Waals surface area contributed by atoms with Crippen LogP contribution in [0.1, 0.15) is 15.9 Å². The number of phenolic OH excluding ortho intramolecular Hbond substituents is 1. The van der Waals surface area contributed by atoms with Gasteiger partial charge in [0.2, 0.25) is 0 Å². The molecule has 120 valence electrons. The number of phenols is 1. The standard InChI is InChI=1S/C19H16N2O3/c1-24-16-9-8-14-10-13(6-7-15(14)11-16)12-20-21-19(23)17-4-2-3-5-18(17)22/h2-12,22H,1H3,(H,21,23)/b20-12+. The molecule has 0 aliphatic carbocycles. The van der Waals surface area contributed by atoms with Crippen LogP contribution in [0.25, 0.3) is 10.8 Å². The van der Waals surface area contributed by atoms with Crippen molar-refractivity contribution in [2.75, 3.05) is 7.11 Å². The highest BCUT2D eigenvalue weighted by atomic mass is 16.5. The van der Waals surface area contributed by atoms with Crippen molar-refractivity contribution in [1.82, 2.24) is 5.43 Å². The quantitative estimate of drug-likeness (QED) is 0.572. The molecule has 5 heteroatoms. The fraction of sp³-hybridized carbons (Fsp3) is 0.0526. The number of fused-ring (bicyclic) bond motifs is 1. The Labute approximate surface area is 139 Å². The molecule has 0 spiro atoms. The Morgan fingerprint density at radius 3 is 2.62 bits per heavy atom. The molecule has 0 fully saturated rings. The first-order valence-electron chi connectivity index (χ1n) is 7.36. The Morgan fingerprint density at radius 2 is 1.83 bits per heavy atom. The molecule has 0 atom stereocenters. The van der Waals surface area contributed by atoms with Crippen LogP contribution >= 0.6 is 0 Å². The molecule has 0 unspecified atom stereocenters.